The van der Waals surface area contributed by atoms with Gasteiger partial charge in [0.05, 0.1) is 5.56 Å². The van der Waals surface area contributed by atoms with Gasteiger partial charge >= 0.3 is 0 Å². The van der Waals surface area contributed by atoms with Gasteiger partial charge in [-0.2, -0.15) is 0 Å². The van der Waals surface area contributed by atoms with Gasteiger partial charge in [-0.1, -0.05) is 26.7 Å². The number of anilines is 1. The second-order valence-corrected chi connectivity index (χ2v) is 8.53. The summed E-state index contributed by atoms with van der Waals surface area (Å²) in [6, 6.07) is 4.72. The fraction of sp³-hybridized carbons (Fsp3) is 0.714. The molecule has 0 spiro atoms. The Morgan fingerprint density at radius 1 is 1.08 bits per heavy atom. The van der Waals surface area contributed by atoms with Crippen LogP contribution in [-0.4, -0.2) is 41.5 Å². The molecule has 0 aromatic carbocycles. The second kappa shape index (κ2) is 6.97. The molecule has 2 saturated heterocycles. The van der Waals surface area contributed by atoms with Gasteiger partial charge < -0.3 is 9.80 Å². The van der Waals surface area contributed by atoms with Crippen LogP contribution in [0, 0.1) is 17.8 Å². The lowest BCUT2D eigenvalue weighted by molar-refractivity contribution is 0.0697. The number of likely N-dealkylation sites (tertiary alicyclic amines) is 1. The Bertz CT molecular complexity index is 606. The van der Waals surface area contributed by atoms with E-state index in [0.717, 1.165) is 61.6 Å². The molecule has 3 aliphatic rings. The van der Waals surface area contributed by atoms with E-state index in [-0.39, 0.29) is 5.91 Å². The molecule has 3 unspecified atom stereocenters. The Hall–Kier alpha value is -1.58. The maximum absolute atomic E-state index is 12.7. The van der Waals surface area contributed by atoms with Crippen LogP contribution >= 0.6 is 0 Å². The number of carbonyl (C=O) groups is 1. The largest absolute Gasteiger partial charge is 0.353 e. The van der Waals surface area contributed by atoms with E-state index in [0.29, 0.717) is 6.04 Å². The Morgan fingerprint density at radius 2 is 1.84 bits per heavy atom. The Balaban J connectivity index is 1.46. The summed E-state index contributed by atoms with van der Waals surface area (Å²) in [6.45, 7) is 7.54. The number of nitrogens with zero attached hydrogens (tertiary/aromatic N) is 3. The summed E-state index contributed by atoms with van der Waals surface area (Å²) in [6.07, 6.45) is 9.42. The predicted octanol–water partition coefficient (Wildman–Crippen LogP) is 3.97. The van der Waals surface area contributed by atoms with E-state index in [4.69, 9.17) is 4.98 Å². The zero-order chi connectivity index (χ0) is 17.4. The van der Waals surface area contributed by atoms with Crippen LogP contribution in [0.15, 0.2) is 18.3 Å². The summed E-state index contributed by atoms with van der Waals surface area (Å²) in [5, 5.41) is 0. The molecule has 4 heteroatoms. The number of carbonyl (C=O) groups excluding carboxylic acids is 1. The highest BCUT2D eigenvalue weighted by Crippen LogP contribution is 2.41. The minimum Gasteiger partial charge on any atom is -0.353 e. The maximum Gasteiger partial charge on any atom is 0.255 e. The van der Waals surface area contributed by atoms with Crippen LogP contribution in [-0.2, 0) is 0 Å². The molecule has 25 heavy (non-hydrogen) atoms. The summed E-state index contributed by atoms with van der Waals surface area (Å²) in [5.74, 6) is 3.53. The second-order valence-electron chi connectivity index (χ2n) is 8.53. The van der Waals surface area contributed by atoms with Gasteiger partial charge in [-0.05, 0) is 55.6 Å². The summed E-state index contributed by atoms with van der Waals surface area (Å²) in [4.78, 5) is 21.9. The number of fused-ring (bicyclic) bond motifs is 1. The minimum absolute atomic E-state index is 0.149. The van der Waals surface area contributed by atoms with Crippen LogP contribution in [0.2, 0.25) is 0 Å². The van der Waals surface area contributed by atoms with E-state index in [9.17, 15) is 4.79 Å². The summed E-state index contributed by atoms with van der Waals surface area (Å²) < 4.78 is 0. The van der Waals surface area contributed by atoms with Gasteiger partial charge in [0.15, 0.2) is 0 Å². The van der Waals surface area contributed by atoms with E-state index in [1.54, 1.807) is 6.20 Å². The molecule has 136 valence electrons. The first-order chi connectivity index (χ1) is 12.1. The standard InChI is InChI=1S/C21H31N3O/c1-15-9-11-23(12-10-15)21(25)17-7-8-20(22-13-17)24-14-16(2)18-5-3-4-6-19(18)24/h7-8,13,15-16,18-19H,3-6,9-12,14H2,1-2H3. The van der Waals surface area contributed by atoms with Crippen molar-refractivity contribution >= 4 is 11.7 Å². The van der Waals surface area contributed by atoms with E-state index in [1.807, 2.05) is 11.0 Å². The van der Waals surface area contributed by atoms with Crippen molar-refractivity contribution in [2.45, 2.75) is 58.4 Å². The molecule has 1 aliphatic carbocycles. The molecular weight excluding hydrogens is 310 g/mol. The van der Waals surface area contributed by atoms with E-state index < -0.39 is 0 Å². The van der Waals surface area contributed by atoms with Crippen LogP contribution in [0.4, 0.5) is 5.82 Å². The number of hydrogen-bond donors (Lipinski definition) is 0. The van der Waals surface area contributed by atoms with Crippen molar-refractivity contribution in [3.05, 3.63) is 23.9 Å². The average molecular weight is 341 g/mol. The van der Waals surface area contributed by atoms with Crippen molar-refractivity contribution in [1.29, 1.82) is 0 Å². The van der Waals surface area contributed by atoms with E-state index >= 15 is 0 Å². The summed E-state index contributed by atoms with van der Waals surface area (Å²) >= 11 is 0. The highest BCUT2D eigenvalue weighted by atomic mass is 16.2. The molecule has 3 fully saturated rings. The Kier molecular flexibility index (Phi) is 4.70. The van der Waals surface area contributed by atoms with Gasteiger partial charge in [0.1, 0.15) is 5.82 Å². The van der Waals surface area contributed by atoms with E-state index in [2.05, 4.69) is 24.8 Å². The topological polar surface area (TPSA) is 36.4 Å². The van der Waals surface area contributed by atoms with Gasteiger partial charge in [-0.15, -0.1) is 0 Å². The summed E-state index contributed by atoms with van der Waals surface area (Å²) in [5.41, 5.74) is 0.741. The lowest BCUT2D eigenvalue weighted by Crippen LogP contribution is -2.38. The average Bonchev–Trinajstić information content (AvgIpc) is 2.99. The van der Waals surface area contributed by atoms with Crippen LogP contribution < -0.4 is 4.90 Å². The monoisotopic (exact) mass is 341 g/mol. The first-order valence-corrected chi connectivity index (χ1v) is 10.2. The van der Waals surface area contributed by atoms with Crippen LogP contribution in [0.25, 0.3) is 0 Å². The molecule has 1 aromatic heterocycles. The number of rotatable bonds is 2. The highest BCUT2D eigenvalue weighted by molar-refractivity contribution is 5.94. The molecule has 2 aliphatic heterocycles. The minimum atomic E-state index is 0.149. The maximum atomic E-state index is 12.7. The molecule has 0 bridgehead atoms. The van der Waals surface area contributed by atoms with Crippen LogP contribution in [0.3, 0.4) is 0 Å². The smallest absolute Gasteiger partial charge is 0.255 e. The molecule has 4 nitrogen and oxygen atoms in total. The summed E-state index contributed by atoms with van der Waals surface area (Å²) in [7, 11) is 0. The Labute approximate surface area is 151 Å². The fourth-order valence-electron chi connectivity index (χ4n) is 5.11. The molecule has 0 radical (unpaired) electrons. The first-order valence-electron chi connectivity index (χ1n) is 10.2. The van der Waals surface area contributed by atoms with Crippen molar-refractivity contribution < 1.29 is 4.79 Å². The van der Waals surface area contributed by atoms with Gasteiger partial charge in [0.2, 0.25) is 0 Å². The molecule has 0 N–H and O–H groups in total. The lowest BCUT2D eigenvalue weighted by atomic mass is 9.80. The molecule has 3 atom stereocenters. The van der Waals surface area contributed by atoms with Crippen LogP contribution in [0.1, 0.15) is 62.7 Å². The third-order valence-corrected chi connectivity index (χ3v) is 6.76. The molecular formula is C21H31N3O. The quantitative estimate of drug-likeness (QED) is 0.817. The number of amides is 1. The van der Waals surface area contributed by atoms with Crippen molar-refractivity contribution in [1.82, 2.24) is 9.88 Å². The van der Waals surface area contributed by atoms with Crippen LogP contribution in [0.5, 0.6) is 0 Å². The third-order valence-electron chi connectivity index (χ3n) is 6.76. The number of piperidine rings is 1. The van der Waals surface area contributed by atoms with Gasteiger partial charge in [-0.3, -0.25) is 4.79 Å². The zero-order valence-corrected chi connectivity index (χ0v) is 15.7. The SMILES string of the molecule is CC1CCN(C(=O)c2ccc(N3CC(C)C4CCCCC43)nc2)CC1. The molecule has 3 heterocycles. The van der Waals surface area contributed by atoms with Crippen molar-refractivity contribution in [3.8, 4) is 0 Å². The lowest BCUT2D eigenvalue weighted by Gasteiger charge is -2.33. The van der Waals surface area contributed by atoms with Gasteiger partial charge in [0.25, 0.3) is 5.91 Å². The fourth-order valence-corrected chi connectivity index (χ4v) is 5.11. The van der Waals surface area contributed by atoms with Gasteiger partial charge in [0, 0.05) is 31.9 Å². The predicted molar refractivity (Wildman–Crippen MR) is 101 cm³/mol. The van der Waals surface area contributed by atoms with Crippen molar-refractivity contribution in [2.75, 3.05) is 24.5 Å². The molecule has 4 rings (SSSR count). The molecule has 1 saturated carbocycles. The highest BCUT2D eigenvalue weighted by Gasteiger charge is 2.41. The number of pyridine rings is 1. The third kappa shape index (κ3) is 3.28. The van der Waals surface area contributed by atoms with Crippen molar-refractivity contribution in [3.63, 3.8) is 0 Å². The Morgan fingerprint density at radius 3 is 2.56 bits per heavy atom. The molecule has 1 aromatic rings. The van der Waals surface area contributed by atoms with E-state index in [1.165, 1.54) is 25.7 Å². The number of aromatic nitrogens is 1. The number of hydrogen-bond acceptors (Lipinski definition) is 3. The van der Waals surface area contributed by atoms with Gasteiger partial charge in [-0.25, -0.2) is 4.98 Å². The first kappa shape index (κ1) is 16.9. The normalized spacial score (nSPS) is 30.4. The molecule has 1 amide bonds. The zero-order valence-electron chi connectivity index (χ0n) is 15.7. The van der Waals surface area contributed by atoms with Crippen molar-refractivity contribution in [2.24, 2.45) is 17.8 Å².